The van der Waals surface area contributed by atoms with Crippen molar-refractivity contribution in [3.8, 4) is 5.75 Å². The molecule has 0 amide bonds. The summed E-state index contributed by atoms with van der Waals surface area (Å²) < 4.78 is 16.6. The van der Waals surface area contributed by atoms with E-state index in [9.17, 15) is 20.1 Å². The number of carbonyl (C=O) groups excluding carboxylic acids is 1. The monoisotopic (exact) mass is 713 g/mol. The second-order valence-corrected chi connectivity index (χ2v) is 15.2. The number of fused-ring (bicyclic) bond motifs is 8. The summed E-state index contributed by atoms with van der Waals surface area (Å²) in [5.41, 5.74) is 3.68. The maximum atomic E-state index is 14.4. The van der Waals surface area contributed by atoms with Crippen molar-refractivity contribution in [2.75, 3.05) is 47.1 Å². The fraction of sp³-hybridized carbons (Fsp3) is 0.523. The van der Waals surface area contributed by atoms with Crippen molar-refractivity contribution < 1.29 is 34.3 Å². The zero-order chi connectivity index (χ0) is 37.1. The van der Waals surface area contributed by atoms with Crippen LogP contribution in [-0.4, -0.2) is 90.9 Å². The van der Waals surface area contributed by atoms with Gasteiger partial charge in [0, 0.05) is 49.9 Å². The summed E-state index contributed by atoms with van der Waals surface area (Å²) in [5.74, 6) is 0.516. The molecule has 0 aromatic heterocycles. The molecule has 3 aromatic rings. The third-order valence-electron chi connectivity index (χ3n) is 11.5. The van der Waals surface area contributed by atoms with Gasteiger partial charge in [-0.25, -0.2) is 0 Å². The van der Waals surface area contributed by atoms with E-state index >= 15 is 0 Å². The molecule has 0 heterocycles. The number of hydrogen-bond donors (Lipinski definition) is 3. The molecule has 8 heteroatoms. The number of methoxy groups -OCH3 is 2. The van der Waals surface area contributed by atoms with Gasteiger partial charge in [-0.2, -0.15) is 0 Å². The molecule has 52 heavy (non-hydrogen) atoms. The quantitative estimate of drug-likeness (QED) is 0.0889. The Morgan fingerprint density at radius 1 is 1.02 bits per heavy atom. The van der Waals surface area contributed by atoms with Crippen molar-refractivity contribution >= 4 is 5.78 Å². The lowest BCUT2D eigenvalue weighted by atomic mass is 9.64. The molecule has 3 N–H and O–H groups in total. The van der Waals surface area contributed by atoms with E-state index in [-0.39, 0.29) is 18.3 Å². The van der Waals surface area contributed by atoms with Crippen molar-refractivity contribution in [1.82, 2.24) is 4.90 Å². The summed E-state index contributed by atoms with van der Waals surface area (Å²) >= 11 is 0. The van der Waals surface area contributed by atoms with Crippen LogP contribution >= 0.6 is 0 Å². The van der Waals surface area contributed by atoms with E-state index in [0.717, 1.165) is 48.8 Å². The molecule has 3 aliphatic rings. The summed E-state index contributed by atoms with van der Waals surface area (Å²) in [6, 6.07) is 23.2. The van der Waals surface area contributed by atoms with Gasteiger partial charge in [0.15, 0.2) is 5.78 Å². The summed E-state index contributed by atoms with van der Waals surface area (Å²) in [6.45, 7) is 6.92. The normalized spacial score (nSPS) is 24.3. The Morgan fingerprint density at radius 2 is 1.79 bits per heavy atom. The van der Waals surface area contributed by atoms with E-state index in [2.05, 4.69) is 37.0 Å². The highest BCUT2D eigenvalue weighted by atomic mass is 16.5. The third-order valence-corrected chi connectivity index (χ3v) is 11.5. The molecule has 2 bridgehead atoms. The predicted octanol–water partition coefficient (Wildman–Crippen LogP) is 6.88. The first-order valence-corrected chi connectivity index (χ1v) is 18.9. The molecule has 1 fully saturated rings. The zero-order valence-corrected chi connectivity index (χ0v) is 31.6. The van der Waals surface area contributed by atoms with Crippen LogP contribution < -0.4 is 4.74 Å². The smallest absolute Gasteiger partial charge is 0.193 e. The number of allylic oxidation sites excluding steroid dienone is 2. The maximum Gasteiger partial charge on any atom is 0.193 e. The lowest BCUT2D eigenvalue weighted by Gasteiger charge is -2.46. The van der Waals surface area contributed by atoms with Crippen LogP contribution in [0.25, 0.3) is 0 Å². The topological polar surface area (TPSA) is 109 Å². The minimum atomic E-state index is -1.09. The number of carbonyl (C=O) groups is 1. The van der Waals surface area contributed by atoms with Gasteiger partial charge >= 0.3 is 0 Å². The van der Waals surface area contributed by atoms with Gasteiger partial charge in [-0.05, 0) is 111 Å². The molecule has 3 aliphatic carbocycles. The third kappa shape index (κ3) is 9.98. The van der Waals surface area contributed by atoms with Crippen LogP contribution in [0.3, 0.4) is 0 Å². The number of hydrogen-bond acceptors (Lipinski definition) is 8. The van der Waals surface area contributed by atoms with Crippen LogP contribution in [0.4, 0.5) is 0 Å². The van der Waals surface area contributed by atoms with Crippen LogP contribution in [0.1, 0.15) is 97.3 Å². The minimum Gasteiger partial charge on any atom is -0.497 e. The summed E-state index contributed by atoms with van der Waals surface area (Å²) in [5, 5.41) is 35.1. The van der Waals surface area contributed by atoms with Crippen molar-refractivity contribution in [2.24, 2.45) is 5.41 Å². The number of rotatable bonds is 15. The second kappa shape index (κ2) is 18.6. The van der Waals surface area contributed by atoms with Crippen molar-refractivity contribution in [3.63, 3.8) is 0 Å². The van der Waals surface area contributed by atoms with Crippen molar-refractivity contribution in [1.29, 1.82) is 0 Å². The van der Waals surface area contributed by atoms with Gasteiger partial charge in [-0.15, -0.1) is 0 Å². The number of ether oxygens (including phenoxy) is 3. The maximum absolute atomic E-state index is 14.4. The van der Waals surface area contributed by atoms with Gasteiger partial charge in [0.25, 0.3) is 0 Å². The molecular formula is C44H59NO7. The fourth-order valence-corrected chi connectivity index (χ4v) is 8.37. The Kier molecular flexibility index (Phi) is 14.2. The Labute approximate surface area is 310 Å². The van der Waals surface area contributed by atoms with E-state index < -0.39 is 23.2 Å². The van der Waals surface area contributed by atoms with E-state index in [1.807, 2.05) is 36.4 Å². The van der Waals surface area contributed by atoms with Gasteiger partial charge in [-0.3, -0.25) is 9.69 Å². The molecule has 3 aromatic carbocycles. The lowest BCUT2D eigenvalue weighted by molar-refractivity contribution is -0.0913. The van der Waals surface area contributed by atoms with Crippen LogP contribution in [0.15, 0.2) is 84.4 Å². The Morgan fingerprint density at radius 3 is 2.52 bits per heavy atom. The largest absolute Gasteiger partial charge is 0.497 e. The molecule has 0 unspecified atom stereocenters. The SMILES string of the molecule is COCCCN(C[C@@H](O)COCc1ccccc1)C[C@]1(O)CC[C@H]2c3ccc(cc3C(=O)c3ccc(OC)cc3)C[C@@H](O)CCC(C)=CCC[C@@]21C. The first-order valence-electron chi connectivity index (χ1n) is 18.9. The molecular weight excluding hydrogens is 654 g/mol. The molecule has 0 spiro atoms. The number of nitrogens with zero attached hydrogens (tertiary/aromatic N) is 1. The molecule has 0 radical (unpaired) electrons. The van der Waals surface area contributed by atoms with E-state index in [4.69, 9.17) is 14.2 Å². The van der Waals surface area contributed by atoms with Crippen molar-refractivity contribution in [3.05, 3.63) is 112 Å². The number of benzene rings is 3. The molecule has 8 nitrogen and oxygen atoms in total. The standard InChI is InChI=1S/C44H59NO7/c1-32-10-8-22-43(2)41(39-20-14-34(26-36(46)17-13-32)27-40(39)42(48)35-15-18-38(51-4)19-16-35)21-23-44(43,49)31-45(24-9-25-50-3)28-37(47)30-52-29-33-11-6-5-7-12-33/h5-7,10-12,14-16,18-20,27,36-37,41,46-47,49H,8-9,13,17,21-26,28-31H2,1-4H3/t36-,37+,41-,43-,44+/m0/s1. The average Bonchev–Trinajstić information content (AvgIpc) is 3.39. The van der Waals surface area contributed by atoms with Crippen LogP contribution in [0.2, 0.25) is 0 Å². The predicted molar refractivity (Wildman–Crippen MR) is 205 cm³/mol. The summed E-state index contributed by atoms with van der Waals surface area (Å²) in [4.78, 5) is 16.5. The van der Waals surface area contributed by atoms with Gasteiger partial charge in [-0.1, -0.05) is 61.0 Å². The molecule has 0 aliphatic heterocycles. The highest BCUT2D eigenvalue weighted by molar-refractivity contribution is 6.10. The Hall–Kier alpha value is -3.37. The second-order valence-electron chi connectivity index (χ2n) is 15.2. The summed E-state index contributed by atoms with van der Waals surface area (Å²) in [7, 11) is 3.30. The van der Waals surface area contributed by atoms with Gasteiger partial charge < -0.3 is 29.5 Å². The molecule has 0 saturated heterocycles. The average molecular weight is 714 g/mol. The van der Waals surface area contributed by atoms with Crippen LogP contribution in [-0.2, 0) is 22.5 Å². The number of ketones is 1. The highest BCUT2D eigenvalue weighted by Crippen LogP contribution is 2.59. The molecule has 6 rings (SSSR count). The minimum absolute atomic E-state index is 0.0746. The highest BCUT2D eigenvalue weighted by Gasteiger charge is 2.57. The van der Waals surface area contributed by atoms with Crippen LogP contribution in [0, 0.1) is 5.41 Å². The van der Waals surface area contributed by atoms with Gasteiger partial charge in [0.1, 0.15) is 5.75 Å². The zero-order valence-electron chi connectivity index (χ0n) is 31.6. The lowest BCUT2D eigenvalue weighted by Crippen LogP contribution is -2.54. The molecule has 282 valence electrons. The van der Waals surface area contributed by atoms with Crippen LogP contribution in [0.5, 0.6) is 5.75 Å². The summed E-state index contributed by atoms with van der Waals surface area (Å²) in [6.07, 6.45) is 6.46. The number of aliphatic hydroxyl groups is 3. The van der Waals surface area contributed by atoms with Gasteiger partial charge in [0.05, 0.1) is 38.1 Å². The Balaban J connectivity index is 1.46. The van der Waals surface area contributed by atoms with E-state index in [1.165, 1.54) is 5.57 Å². The molecule has 5 atom stereocenters. The first-order chi connectivity index (χ1) is 25.0. The fourth-order valence-electron chi connectivity index (χ4n) is 8.37. The van der Waals surface area contributed by atoms with Gasteiger partial charge in [0.2, 0.25) is 0 Å². The van der Waals surface area contributed by atoms with E-state index in [1.54, 1.807) is 38.5 Å². The van der Waals surface area contributed by atoms with Crippen molar-refractivity contribution in [2.45, 2.75) is 95.5 Å². The number of aliphatic hydroxyl groups excluding tert-OH is 2. The molecule has 1 saturated carbocycles. The first kappa shape index (κ1) is 39.8. The van der Waals surface area contributed by atoms with E-state index in [0.29, 0.717) is 69.0 Å². The Bertz CT molecular complexity index is 1610.